The van der Waals surface area contributed by atoms with Gasteiger partial charge in [0.15, 0.2) is 0 Å². The second kappa shape index (κ2) is 3.56. The number of carbonyl (C=O) groups excluding carboxylic acids is 2. The van der Waals surface area contributed by atoms with Crippen molar-refractivity contribution < 1.29 is 9.59 Å². The molecule has 5 heteroatoms. The van der Waals surface area contributed by atoms with Crippen molar-refractivity contribution >= 4 is 11.9 Å². The molecule has 0 bridgehead atoms. The maximum atomic E-state index is 11.8. The summed E-state index contributed by atoms with van der Waals surface area (Å²) in [6, 6.07) is 9.50. The van der Waals surface area contributed by atoms with Gasteiger partial charge in [0.25, 0.3) is 5.91 Å². The third-order valence-electron chi connectivity index (χ3n) is 3.47. The Hall–Kier alpha value is -1.88. The van der Waals surface area contributed by atoms with Gasteiger partial charge in [0, 0.05) is 12.6 Å². The van der Waals surface area contributed by atoms with Crippen molar-refractivity contribution in [2.24, 2.45) is 0 Å². The average Bonchev–Trinajstić information content (AvgIpc) is 2.64. The lowest BCUT2D eigenvalue weighted by molar-refractivity contribution is -0.127. The van der Waals surface area contributed by atoms with E-state index in [9.17, 15) is 9.59 Å². The lowest BCUT2D eigenvalue weighted by atomic mass is 9.79. The van der Waals surface area contributed by atoms with E-state index in [0.29, 0.717) is 6.54 Å². The topological polar surface area (TPSA) is 70.2 Å². The Balaban J connectivity index is 1.78. The maximum absolute atomic E-state index is 11.8. The van der Waals surface area contributed by atoms with Crippen LogP contribution < -0.4 is 16.0 Å². The second-order valence-electron chi connectivity index (χ2n) is 4.50. The summed E-state index contributed by atoms with van der Waals surface area (Å²) < 4.78 is 0. The van der Waals surface area contributed by atoms with Gasteiger partial charge in [0.05, 0.1) is 0 Å². The van der Waals surface area contributed by atoms with Crippen LogP contribution in [0, 0.1) is 0 Å². The van der Waals surface area contributed by atoms with E-state index in [4.69, 9.17) is 0 Å². The predicted octanol–water partition coefficient (Wildman–Crippen LogP) is -0.221. The smallest absolute Gasteiger partial charge is 0.321 e. The molecule has 0 saturated carbocycles. The molecule has 3 rings (SSSR count). The summed E-state index contributed by atoms with van der Waals surface area (Å²) in [5.74, 6) is -0.220. The molecular weight excluding hydrogens is 218 g/mol. The molecule has 5 nitrogen and oxygen atoms in total. The number of urea groups is 1. The molecule has 2 saturated heterocycles. The minimum atomic E-state index is -0.743. The second-order valence-corrected chi connectivity index (χ2v) is 4.50. The zero-order valence-electron chi connectivity index (χ0n) is 9.19. The van der Waals surface area contributed by atoms with Crippen LogP contribution in [0.15, 0.2) is 30.3 Å². The summed E-state index contributed by atoms with van der Waals surface area (Å²) in [6.45, 7) is 0.502. The van der Waals surface area contributed by atoms with Crippen molar-refractivity contribution in [2.75, 3.05) is 6.54 Å². The van der Waals surface area contributed by atoms with Crippen LogP contribution in [0.5, 0.6) is 0 Å². The van der Waals surface area contributed by atoms with E-state index in [1.807, 2.05) is 30.3 Å². The molecular formula is C12H13N3O2. The fraction of sp³-hybridized carbons (Fsp3) is 0.333. The highest BCUT2D eigenvalue weighted by atomic mass is 16.2. The van der Waals surface area contributed by atoms with E-state index in [0.717, 1.165) is 12.0 Å². The summed E-state index contributed by atoms with van der Waals surface area (Å²) in [7, 11) is 0. The summed E-state index contributed by atoms with van der Waals surface area (Å²) in [6.07, 6.45) is 0.731. The molecule has 0 aliphatic carbocycles. The molecule has 2 aliphatic heterocycles. The van der Waals surface area contributed by atoms with Crippen LogP contribution in [0.3, 0.4) is 0 Å². The highest BCUT2D eigenvalue weighted by Gasteiger charge is 2.57. The van der Waals surface area contributed by atoms with Gasteiger partial charge >= 0.3 is 6.03 Å². The zero-order chi connectivity index (χ0) is 11.9. The van der Waals surface area contributed by atoms with Crippen LogP contribution >= 0.6 is 0 Å². The average molecular weight is 231 g/mol. The molecule has 1 aromatic carbocycles. The first-order valence-electron chi connectivity index (χ1n) is 5.62. The van der Waals surface area contributed by atoms with Gasteiger partial charge < -0.3 is 10.6 Å². The van der Waals surface area contributed by atoms with Crippen molar-refractivity contribution in [3.63, 3.8) is 0 Å². The van der Waals surface area contributed by atoms with E-state index in [1.165, 1.54) is 0 Å². The summed E-state index contributed by atoms with van der Waals surface area (Å²) in [5, 5.41) is 8.22. The number of nitrogens with one attached hydrogen (secondary N) is 3. The highest BCUT2D eigenvalue weighted by molar-refractivity contribution is 6.08. The lowest BCUT2D eigenvalue weighted by Crippen LogP contribution is -2.76. The van der Waals surface area contributed by atoms with Crippen LogP contribution in [-0.2, 0) is 11.2 Å². The predicted molar refractivity (Wildman–Crippen MR) is 61.3 cm³/mol. The van der Waals surface area contributed by atoms with Crippen molar-refractivity contribution in [3.8, 4) is 0 Å². The first kappa shape index (κ1) is 10.3. The van der Waals surface area contributed by atoms with E-state index in [1.54, 1.807) is 0 Å². The van der Waals surface area contributed by atoms with Crippen LogP contribution in [0.2, 0.25) is 0 Å². The van der Waals surface area contributed by atoms with Gasteiger partial charge in [-0.05, 0) is 12.0 Å². The fourth-order valence-electron chi connectivity index (χ4n) is 2.42. The number of hydrogen-bond acceptors (Lipinski definition) is 3. The number of carbonyl (C=O) groups is 2. The number of imide groups is 1. The first-order chi connectivity index (χ1) is 8.21. The Morgan fingerprint density at radius 1 is 1.24 bits per heavy atom. The monoisotopic (exact) mass is 231 g/mol. The molecule has 0 radical (unpaired) electrons. The van der Waals surface area contributed by atoms with Gasteiger partial charge in [-0.3, -0.25) is 10.1 Å². The van der Waals surface area contributed by atoms with E-state index >= 15 is 0 Å². The van der Waals surface area contributed by atoms with Gasteiger partial charge in [-0.1, -0.05) is 30.3 Å². The molecule has 2 aliphatic rings. The highest BCUT2D eigenvalue weighted by Crippen LogP contribution is 2.25. The first-order valence-corrected chi connectivity index (χ1v) is 5.62. The van der Waals surface area contributed by atoms with E-state index in [-0.39, 0.29) is 11.9 Å². The summed E-state index contributed by atoms with van der Waals surface area (Å²) in [5.41, 5.74) is 0.408. The Labute approximate surface area is 98.6 Å². The van der Waals surface area contributed by atoms with Gasteiger partial charge in [0.1, 0.15) is 5.54 Å². The van der Waals surface area contributed by atoms with Crippen molar-refractivity contribution in [3.05, 3.63) is 35.9 Å². The number of benzene rings is 1. The van der Waals surface area contributed by atoms with Crippen LogP contribution in [0.4, 0.5) is 4.79 Å². The molecule has 3 amide bonds. The van der Waals surface area contributed by atoms with Crippen LogP contribution in [-0.4, -0.2) is 30.1 Å². The molecule has 2 fully saturated rings. The summed E-state index contributed by atoms with van der Waals surface area (Å²) >= 11 is 0. The standard InChI is InChI=1S/C12H13N3O2/c16-10-12(15-11(17)14-10)7-13-9(12)6-8-4-2-1-3-5-8/h1-5,9,13H,6-7H2,(H2,14,15,16,17). The van der Waals surface area contributed by atoms with Crippen molar-refractivity contribution in [1.29, 1.82) is 0 Å². The Bertz CT molecular complexity index is 474. The molecule has 1 spiro atoms. The van der Waals surface area contributed by atoms with Gasteiger partial charge in [0.2, 0.25) is 0 Å². The normalized spacial score (nSPS) is 30.9. The minimum absolute atomic E-state index is 0.0312. The van der Waals surface area contributed by atoms with Crippen LogP contribution in [0.25, 0.3) is 0 Å². The lowest BCUT2D eigenvalue weighted by Gasteiger charge is -2.45. The number of hydrogen-bond donors (Lipinski definition) is 3. The van der Waals surface area contributed by atoms with Crippen molar-refractivity contribution in [1.82, 2.24) is 16.0 Å². The minimum Gasteiger partial charge on any atom is -0.321 e. The number of rotatable bonds is 2. The number of amides is 3. The van der Waals surface area contributed by atoms with Gasteiger partial charge in [-0.25, -0.2) is 4.79 Å². The quantitative estimate of drug-likeness (QED) is 0.616. The van der Waals surface area contributed by atoms with Gasteiger partial charge in [-0.15, -0.1) is 0 Å². The Kier molecular flexibility index (Phi) is 2.16. The molecule has 17 heavy (non-hydrogen) atoms. The van der Waals surface area contributed by atoms with Gasteiger partial charge in [-0.2, -0.15) is 0 Å². The molecule has 88 valence electrons. The van der Waals surface area contributed by atoms with Crippen molar-refractivity contribution in [2.45, 2.75) is 18.0 Å². The molecule has 2 atom stereocenters. The molecule has 1 aromatic rings. The molecule has 0 aromatic heterocycles. The Morgan fingerprint density at radius 2 is 2.00 bits per heavy atom. The third-order valence-corrected chi connectivity index (χ3v) is 3.47. The Morgan fingerprint density at radius 3 is 2.53 bits per heavy atom. The van der Waals surface area contributed by atoms with Crippen LogP contribution in [0.1, 0.15) is 5.56 Å². The maximum Gasteiger partial charge on any atom is 0.322 e. The van der Waals surface area contributed by atoms with E-state index in [2.05, 4.69) is 16.0 Å². The molecule has 2 heterocycles. The fourth-order valence-corrected chi connectivity index (χ4v) is 2.42. The largest absolute Gasteiger partial charge is 0.322 e. The summed E-state index contributed by atoms with van der Waals surface area (Å²) in [4.78, 5) is 22.9. The third kappa shape index (κ3) is 1.51. The zero-order valence-corrected chi connectivity index (χ0v) is 9.19. The van der Waals surface area contributed by atoms with E-state index < -0.39 is 11.6 Å². The molecule has 3 N–H and O–H groups in total. The molecule has 2 unspecified atom stereocenters. The SMILES string of the molecule is O=C1NC(=O)C2(CNC2Cc2ccccc2)N1.